The summed E-state index contributed by atoms with van der Waals surface area (Å²) in [7, 11) is 0. The molecule has 2 aromatic rings. The molecule has 0 spiro atoms. The van der Waals surface area contributed by atoms with Crippen molar-refractivity contribution in [2.24, 2.45) is 5.92 Å². The van der Waals surface area contributed by atoms with Crippen molar-refractivity contribution in [2.75, 3.05) is 32.8 Å². The maximum Gasteiger partial charge on any atom is 0.309 e. The molecule has 8 heteroatoms. The monoisotopic (exact) mass is 428 g/mol. The van der Waals surface area contributed by atoms with Crippen LogP contribution in [0, 0.1) is 11.7 Å². The number of piperidine rings is 1. The molecule has 2 aromatic carbocycles. The minimum absolute atomic E-state index is 0.191. The number of carbonyl (C=O) groups is 3. The van der Waals surface area contributed by atoms with E-state index in [1.54, 1.807) is 4.90 Å². The molecule has 1 aliphatic rings. The number of esters is 1. The van der Waals surface area contributed by atoms with E-state index in [9.17, 15) is 18.8 Å². The summed E-state index contributed by atoms with van der Waals surface area (Å²) in [4.78, 5) is 38.1. The van der Waals surface area contributed by atoms with E-state index in [1.807, 2.05) is 30.3 Å². The highest BCUT2D eigenvalue weighted by Crippen LogP contribution is 2.20. The van der Waals surface area contributed by atoms with E-state index in [-0.39, 0.29) is 18.4 Å². The molecule has 1 fully saturated rings. The third kappa shape index (κ3) is 6.80. The van der Waals surface area contributed by atoms with Crippen LogP contribution in [0.15, 0.2) is 54.6 Å². The van der Waals surface area contributed by atoms with Crippen LogP contribution in [0.3, 0.4) is 0 Å². The van der Waals surface area contributed by atoms with Crippen molar-refractivity contribution >= 4 is 17.8 Å². The van der Waals surface area contributed by atoms with Gasteiger partial charge >= 0.3 is 5.97 Å². The van der Waals surface area contributed by atoms with E-state index in [0.717, 1.165) is 0 Å². The van der Waals surface area contributed by atoms with Crippen LogP contribution in [0.25, 0.3) is 0 Å². The molecule has 2 amide bonds. The number of benzene rings is 2. The normalized spacial score (nSPS) is 14.0. The average molecular weight is 428 g/mol. The second kappa shape index (κ2) is 11.1. The van der Waals surface area contributed by atoms with Gasteiger partial charge in [0.05, 0.1) is 12.5 Å². The molecule has 3 rings (SSSR count). The largest absolute Gasteiger partial charge is 0.492 e. The summed E-state index contributed by atoms with van der Waals surface area (Å²) in [5.74, 6) is -1.06. The molecule has 164 valence electrons. The van der Waals surface area contributed by atoms with Gasteiger partial charge < -0.3 is 19.7 Å². The lowest BCUT2D eigenvalue weighted by atomic mass is 9.96. The van der Waals surface area contributed by atoms with Crippen LogP contribution in [0.4, 0.5) is 4.39 Å². The zero-order chi connectivity index (χ0) is 22.1. The lowest BCUT2D eigenvalue weighted by molar-refractivity contribution is -0.153. The molecule has 1 saturated heterocycles. The summed E-state index contributed by atoms with van der Waals surface area (Å²) in [6, 6.07) is 14.6. The van der Waals surface area contributed by atoms with Crippen molar-refractivity contribution < 1.29 is 28.2 Å². The van der Waals surface area contributed by atoms with Crippen LogP contribution in [-0.4, -0.2) is 55.5 Å². The predicted octanol–water partition coefficient (Wildman–Crippen LogP) is 2.42. The third-order valence-electron chi connectivity index (χ3n) is 4.99. The Balaban J connectivity index is 1.31. The molecule has 0 saturated carbocycles. The number of rotatable bonds is 8. The van der Waals surface area contributed by atoms with Crippen LogP contribution in [0.1, 0.15) is 23.2 Å². The Morgan fingerprint density at radius 2 is 1.68 bits per heavy atom. The van der Waals surface area contributed by atoms with Crippen molar-refractivity contribution in [3.8, 4) is 5.75 Å². The smallest absolute Gasteiger partial charge is 0.309 e. The van der Waals surface area contributed by atoms with E-state index < -0.39 is 17.7 Å². The first kappa shape index (κ1) is 22.3. The second-order valence-electron chi connectivity index (χ2n) is 7.19. The zero-order valence-corrected chi connectivity index (χ0v) is 17.1. The highest BCUT2D eigenvalue weighted by Gasteiger charge is 2.29. The maximum absolute atomic E-state index is 13.0. The number of halogens is 1. The summed E-state index contributed by atoms with van der Waals surface area (Å²) >= 11 is 0. The van der Waals surface area contributed by atoms with Gasteiger partial charge in [0.1, 0.15) is 18.2 Å². The fraction of sp³-hybridized carbons (Fsp3) is 0.348. The third-order valence-corrected chi connectivity index (χ3v) is 4.99. The summed E-state index contributed by atoms with van der Waals surface area (Å²) in [5, 5.41) is 2.63. The van der Waals surface area contributed by atoms with Gasteiger partial charge in [-0.2, -0.15) is 0 Å². The summed E-state index contributed by atoms with van der Waals surface area (Å²) in [6.45, 7) is 1.07. The average Bonchev–Trinajstić information content (AvgIpc) is 2.81. The van der Waals surface area contributed by atoms with E-state index >= 15 is 0 Å². The van der Waals surface area contributed by atoms with Crippen molar-refractivity contribution in [3.05, 3.63) is 66.0 Å². The van der Waals surface area contributed by atoms with Crippen LogP contribution in [0.5, 0.6) is 5.75 Å². The lowest BCUT2D eigenvalue weighted by Gasteiger charge is -2.31. The molecule has 0 aromatic heterocycles. The van der Waals surface area contributed by atoms with Crippen molar-refractivity contribution in [2.45, 2.75) is 12.8 Å². The number of ether oxygens (including phenoxy) is 2. The molecule has 0 atom stereocenters. The van der Waals surface area contributed by atoms with Gasteiger partial charge in [-0.3, -0.25) is 14.4 Å². The maximum atomic E-state index is 13.0. The summed E-state index contributed by atoms with van der Waals surface area (Å²) < 4.78 is 23.6. The number of nitrogens with zero attached hydrogens (tertiary/aromatic N) is 1. The van der Waals surface area contributed by atoms with Gasteiger partial charge in [-0.05, 0) is 49.2 Å². The fourth-order valence-electron chi connectivity index (χ4n) is 3.27. The molecule has 0 aliphatic carbocycles. The lowest BCUT2D eigenvalue weighted by Crippen LogP contribution is -2.41. The quantitative estimate of drug-likeness (QED) is 0.516. The molecular weight excluding hydrogens is 403 g/mol. The zero-order valence-electron chi connectivity index (χ0n) is 17.1. The first-order valence-electron chi connectivity index (χ1n) is 10.2. The summed E-state index contributed by atoms with van der Waals surface area (Å²) in [6.07, 6.45) is 0.913. The molecule has 0 bridgehead atoms. The Morgan fingerprint density at radius 3 is 2.35 bits per heavy atom. The van der Waals surface area contributed by atoms with E-state index in [1.165, 1.54) is 24.3 Å². The topological polar surface area (TPSA) is 84.9 Å². The molecule has 31 heavy (non-hydrogen) atoms. The highest BCUT2D eigenvalue weighted by atomic mass is 19.1. The predicted molar refractivity (Wildman–Crippen MR) is 111 cm³/mol. The Hall–Kier alpha value is -3.42. The van der Waals surface area contributed by atoms with Gasteiger partial charge in [0, 0.05) is 18.7 Å². The van der Waals surface area contributed by atoms with Gasteiger partial charge in [-0.15, -0.1) is 0 Å². The Morgan fingerprint density at radius 1 is 1.00 bits per heavy atom. The van der Waals surface area contributed by atoms with Gasteiger partial charge in [0.2, 0.25) is 0 Å². The molecule has 1 aliphatic heterocycles. The SMILES string of the molecule is O=C(COC(=O)C1CCN(C(=O)c2ccc(F)cc2)CC1)NCCOc1ccccc1. The molecule has 1 heterocycles. The molecular formula is C23H25FN2O5. The number of carbonyl (C=O) groups excluding carboxylic acids is 3. The van der Waals surface area contributed by atoms with Crippen LogP contribution < -0.4 is 10.1 Å². The second-order valence-corrected chi connectivity index (χ2v) is 7.19. The van der Waals surface area contributed by atoms with E-state index in [2.05, 4.69) is 5.32 Å². The minimum atomic E-state index is -0.440. The Bertz CT molecular complexity index is 881. The van der Waals surface area contributed by atoms with Crippen molar-refractivity contribution in [1.82, 2.24) is 10.2 Å². The number of para-hydroxylation sites is 1. The van der Waals surface area contributed by atoms with E-state index in [0.29, 0.717) is 50.4 Å². The van der Waals surface area contributed by atoms with Crippen LogP contribution >= 0.6 is 0 Å². The van der Waals surface area contributed by atoms with Gasteiger partial charge in [-0.25, -0.2) is 4.39 Å². The van der Waals surface area contributed by atoms with Gasteiger partial charge in [0.25, 0.3) is 11.8 Å². The van der Waals surface area contributed by atoms with Gasteiger partial charge in [-0.1, -0.05) is 18.2 Å². The number of nitrogens with one attached hydrogen (secondary N) is 1. The van der Waals surface area contributed by atoms with Gasteiger partial charge in [0.15, 0.2) is 6.61 Å². The number of amides is 2. The fourth-order valence-corrected chi connectivity index (χ4v) is 3.27. The Kier molecular flexibility index (Phi) is 7.98. The minimum Gasteiger partial charge on any atom is -0.492 e. The highest BCUT2D eigenvalue weighted by molar-refractivity contribution is 5.94. The number of likely N-dealkylation sites (tertiary alicyclic amines) is 1. The van der Waals surface area contributed by atoms with E-state index in [4.69, 9.17) is 9.47 Å². The summed E-state index contributed by atoms with van der Waals surface area (Å²) in [5.41, 5.74) is 0.412. The standard InChI is InChI=1S/C23H25FN2O5/c24-19-8-6-17(7-9-19)22(28)26-13-10-18(11-14-26)23(29)31-16-21(27)25-12-15-30-20-4-2-1-3-5-20/h1-9,18H,10-16H2,(H,25,27). The number of hydrogen-bond acceptors (Lipinski definition) is 5. The first-order valence-corrected chi connectivity index (χ1v) is 10.2. The van der Waals surface area contributed by atoms with Crippen molar-refractivity contribution in [1.29, 1.82) is 0 Å². The number of hydrogen-bond donors (Lipinski definition) is 1. The molecule has 7 nitrogen and oxygen atoms in total. The molecule has 0 radical (unpaired) electrons. The molecule has 0 unspecified atom stereocenters. The first-order chi connectivity index (χ1) is 15.0. The van der Waals surface area contributed by atoms with Crippen LogP contribution in [0.2, 0.25) is 0 Å². The molecule has 1 N–H and O–H groups in total. The van der Waals surface area contributed by atoms with Crippen molar-refractivity contribution in [3.63, 3.8) is 0 Å². The van der Waals surface area contributed by atoms with Crippen LogP contribution in [-0.2, 0) is 14.3 Å². The Labute approximate surface area is 180 Å².